The van der Waals surface area contributed by atoms with Gasteiger partial charge in [-0.05, 0) is 19.1 Å². The lowest BCUT2D eigenvalue weighted by Crippen LogP contribution is -2.17. The molecule has 27 heavy (non-hydrogen) atoms. The SMILES string of the molecule is Cc1sc2nc(Cn3nc(C(F)(F)F)cc3Cl)cc(=O)n2c1-c1ccc[nH]1. The van der Waals surface area contributed by atoms with E-state index in [0.717, 1.165) is 21.3 Å². The number of hydrogen-bond acceptors (Lipinski definition) is 4. The van der Waals surface area contributed by atoms with E-state index in [-0.39, 0.29) is 23.0 Å². The largest absolute Gasteiger partial charge is 0.435 e. The number of aromatic amines is 1. The summed E-state index contributed by atoms with van der Waals surface area (Å²) in [7, 11) is 0. The summed E-state index contributed by atoms with van der Waals surface area (Å²) < 4.78 is 40.7. The van der Waals surface area contributed by atoms with Crippen molar-refractivity contribution < 1.29 is 13.2 Å². The fraction of sp³-hybridized carbons (Fsp3) is 0.188. The van der Waals surface area contributed by atoms with Gasteiger partial charge in [-0.15, -0.1) is 11.3 Å². The molecule has 0 aliphatic heterocycles. The van der Waals surface area contributed by atoms with Crippen molar-refractivity contribution in [2.75, 3.05) is 0 Å². The van der Waals surface area contributed by atoms with Gasteiger partial charge >= 0.3 is 6.18 Å². The average molecular weight is 414 g/mol. The molecule has 0 spiro atoms. The molecule has 0 saturated carbocycles. The molecule has 4 aromatic rings. The molecule has 4 rings (SSSR count). The fourth-order valence-electron chi connectivity index (χ4n) is 2.79. The Labute approximate surface area is 158 Å². The number of nitrogens with zero attached hydrogens (tertiary/aromatic N) is 4. The predicted molar refractivity (Wildman–Crippen MR) is 95.2 cm³/mol. The van der Waals surface area contributed by atoms with E-state index >= 15 is 0 Å². The summed E-state index contributed by atoms with van der Waals surface area (Å²) in [5.74, 6) is 0. The zero-order valence-electron chi connectivity index (χ0n) is 13.7. The minimum Gasteiger partial charge on any atom is -0.360 e. The van der Waals surface area contributed by atoms with Gasteiger partial charge in [-0.3, -0.25) is 4.79 Å². The van der Waals surface area contributed by atoms with Crippen LogP contribution in [-0.4, -0.2) is 24.1 Å². The lowest BCUT2D eigenvalue weighted by Gasteiger charge is -2.05. The number of halogens is 4. The van der Waals surface area contributed by atoms with Crippen LogP contribution in [0.3, 0.4) is 0 Å². The molecule has 0 unspecified atom stereocenters. The summed E-state index contributed by atoms with van der Waals surface area (Å²) in [6, 6.07) is 5.68. The maximum atomic E-state index is 12.8. The van der Waals surface area contributed by atoms with Crippen LogP contribution in [0.5, 0.6) is 0 Å². The topological polar surface area (TPSA) is 68.0 Å². The van der Waals surface area contributed by atoms with Crippen LogP contribution in [0.1, 0.15) is 16.3 Å². The third-order valence-corrected chi connectivity index (χ3v) is 5.19. The predicted octanol–water partition coefficient (Wildman–Crippen LogP) is 3.98. The Kier molecular flexibility index (Phi) is 4.11. The highest BCUT2D eigenvalue weighted by Crippen LogP contribution is 2.31. The van der Waals surface area contributed by atoms with Crippen LogP contribution in [0.4, 0.5) is 13.2 Å². The molecular formula is C16H11ClF3N5OS. The van der Waals surface area contributed by atoms with Gasteiger partial charge < -0.3 is 4.98 Å². The number of thiazole rings is 1. The molecule has 0 saturated heterocycles. The summed E-state index contributed by atoms with van der Waals surface area (Å²) in [5, 5.41) is 3.28. The first-order valence-electron chi connectivity index (χ1n) is 7.70. The molecule has 0 atom stereocenters. The molecule has 6 nitrogen and oxygen atoms in total. The molecule has 0 fully saturated rings. The third-order valence-electron chi connectivity index (χ3n) is 3.93. The molecule has 0 radical (unpaired) electrons. The second kappa shape index (κ2) is 6.24. The van der Waals surface area contributed by atoms with E-state index in [1.54, 1.807) is 6.20 Å². The van der Waals surface area contributed by atoms with Gasteiger partial charge in [0.05, 0.1) is 23.6 Å². The van der Waals surface area contributed by atoms with Crippen LogP contribution < -0.4 is 5.56 Å². The normalized spacial score (nSPS) is 12.2. The van der Waals surface area contributed by atoms with E-state index in [1.165, 1.54) is 21.8 Å². The number of aromatic nitrogens is 5. The maximum Gasteiger partial charge on any atom is 0.435 e. The van der Waals surface area contributed by atoms with Crippen molar-refractivity contribution in [3.8, 4) is 11.4 Å². The third kappa shape index (κ3) is 3.15. The number of hydrogen-bond donors (Lipinski definition) is 1. The van der Waals surface area contributed by atoms with Gasteiger partial charge in [-0.25, -0.2) is 14.1 Å². The molecule has 4 heterocycles. The van der Waals surface area contributed by atoms with Crippen molar-refractivity contribution >= 4 is 27.9 Å². The monoisotopic (exact) mass is 413 g/mol. The highest BCUT2D eigenvalue weighted by Gasteiger charge is 2.34. The molecule has 0 bridgehead atoms. The zero-order chi connectivity index (χ0) is 19.3. The van der Waals surface area contributed by atoms with Crippen molar-refractivity contribution in [2.24, 2.45) is 0 Å². The Morgan fingerprint density at radius 3 is 2.74 bits per heavy atom. The lowest BCUT2D eigenvalue weighted by atomic mass is 10.3. The van der Waals surface area contributed by atoms with Crippen molar-refractivity contribution in [3.63, 3.8) is 0 Å². The Morgan fingerprint density at radius 2 is 2.11 bits per heavy atom. The number of fused-ring (bicyclic) bond motifs is 1. The van der Waals surface area contributed by atoms with Crippen LogP contribution in [0.2, 0.25) is 5.15 Å². The standard InChI is InChI=1S/C16H11ClF3N5OS/c1-8-14(10-3-2-4-21-10)25-13(26)5-9(22-15(25)27-8)7-24-12(17)6-11(23-24)16(18,19)20/h2-6,21H,7H2,1H3. The first kappa shape index (κ1) is 17.8. The molecule has 11 heteroatoms. The first-order chi connectivity index (χ1) is 12.7. The van der Waals surface area contributed by atoms with Gasteiger partial charge in [0, 0.05) is 23.2 Å². The van der Waals surface area contributed by atoms with Crippen LogP contribution in [0, 0.1) is 6.92 Å². The first-order valence-corrected chi connectivity index (χ1v) is 8.90. The number of nitrogens with one attached hydrogen (secondary N) is 1. The van der Waals surface area contributed by atoms with Crippen LogP contribution in [0.15, 0.2) is 35.3 Å². The molecule has 1 N–H and O–H groups in total. The second-order valence-electron chi connectivity index (χ2n) is 5.80. The second-order valence-corrected chi connectivity index (χ2v) is 7.37. The highest BCUT2D eigenvalue weighted by molar-refractivity contribution is 7.17. The summed E-state index contributed by atoms with van der Waals surface area (Å²) in [6.07, 6.45) is -2.84. The lowest BCUT2D eigenvalue weighted by molar-refractivity contribution is -0.141. The Morgan fingerprint density at radius 1 is 1.33 bits per heavy atom. The highest BCUT2D eigenvalue weighted by atomic mass is 35.5. The maximum absolute atomic E-state index is 12.8. The van der Waals surface area contributed by atoms with Gasteiger partial charge in [0.2, 0.25) is 0 Å². The van der Waals surface area contributed by atoms with E-state index in [0.29, 0.717) is 10.7 Å². The Balaban J connectivity index is 1.77. The number of alkyl halides is 3. The molecule has 140 valence electrons. The fourth-order valence-corrected chi connectivity index (χ4v) is 4.00. The van der Waals surface area contributed by atoms with Crippen molar-refractivity contribution in [1.29, 1.82) is 0 Å². The Bertz CT molecular complexity index is 1190. The number of aryl methyl sites for hydroxylation is 1. The molecule has 0 amide bonds. The number of rotatable bonds is 3. The molecule has 0 aliphatic carbocycles. The smallest absolute Gasteiger partial charge is 0.360 e. The Hall–Kier alpha value is -2.59. The van der Waals surface area contributed by atoms with Crippen molar-refractivity contribution in [2.45, 2.75) is 19.6 Å². The van der Waals surface area contributed by atoms with Gasteiger partial charge in [-0.1, -0.05) is 11.6 Å². The summed E-state index contributed by atoms with van der Waals surface area (Å²) in [4.78, 5) is 21.4. The van der Waals surface area contributed by atoms with Gasteiger partial charge in [-0.2, -0.15) is 18.3 Å². The van der Waals surface area contributed by atoms with Gasteiger partial charge in [0.1, 0.15) is 5.15 Å². The molecule has 0 aromatic carbocycles. The van der Waals surface area contributed by atoms with Crippen LogP contribution in [-0.2, 0) is 12.7 Å². The van der Waals surface area contributed by atoms with Crippen LogP contribution >= 0.6 is 22.9 Å². The minimum atomic E-state index is -4.60. The number of H-pyrrole nitrogens is 1. The van der Waals surface area contributed by atoms with E-state index < -0.39 is 11.9 Å². The van der Waals surface area contributed by atoms with E-state index in [2.05, 4.69) is 15.1 Å². The van der Waals surface area contributed by atoms with Crippen LogP contribution in [0.25, 0.3) is 16.3 Å². The zero-order valence-corrected chi connectivity index (χ0v) is 15.3. The molecule has 0 aliphatic rings. The van der Waals surface area contributed by atoms with Crippen molar-refractivity contribution in [3.05, 3.63) is 62.2 Å². The van der Waals surface area contributed by atoms with E-state index in [9.17, 15) is 18.0 Å². The molecular weight excluding hydrogens is 403 g/mol. The van der Waals surface area contributed by atoms with Gasteiger partial charge in [0.25, 0.3) is 5.56 Å². The van der Waals surface area contributed by atoms with Gasteiger partial charge in [0.15, 0.2) is 10.7 Å². The summed E-state index contributed by atoms with van der Waals surface area (Å²) in [6.45, 7) is 1.73. The minimum absolute atomic E-state index is 0.143. The van der Waals surface area contributed by atoms with E-state index in [4.69, 9.17) is 11.6 Å². The quantitative estimate of drug-likeness (QED) is 0.552. The van der Waals surface area contributed by atoms with Crippen molar-refractivity contribution in [1.82, 2.24) is 24.1 Å². The van der Waals surface area contributed by atoms with E-state index in [1.807, 2.05) is 19.1 Å². The summed E-state index contributed by atoms with van der Waals surface area (Å²) in [5.41, 5.74) is 0.341. The molecule has 4 aromatic heterocycles. The average Bonchev–Trinajstić information content (AvgIpc) is 3.26. The summed E-state index contributed by atoms with van der Waals surface area (Å²) >= 11 is 7.16.